The van der Waals surface area contributed by atoms with Gasteiger partial charge in [-0.05, 0) is 23.3 Å². The van der Waals surface area contributed by atoms with Crippen LogP contribution in [0.1, 0.15) is 22.8 Å². The number of aliphatic hydroxyl groups excluding tert-OH is 1. The lowest BCUT2D eigenvalue weighted by Gasteiger charge is -2.35. The first-order chi connectivity index (χ1) is 12.2. The molecule has 2 aromatic carbocycles. The van der Waals surface area contributed by atoms with Crippen LogP contribution in [0.4, 0.5) is 0 Å². The van der Waals surface area contributed by atoms with E-state index in [1.54, 1.807) is 12.1 Å². The fourth-order valence-electron chi connectivity index (χ4n) is 3.01. The fourth-order valence-corrected chi connectivity index (χ4v) is 3.01. The van der Waals surface area contributed by atoms with E-state index in [1.165, 1.54) is 0 Å². The summed E-state index contributed by atoms with van der Waals surface area (Å²) in [6.45, 7) is 2.71. The molecule has 0 spiro atoms. The number of aliphatic hydroxyl groups is 1. The van der Waals surface area contributed by atoms with E-state index < -0.39 is 6.10 Å². The molecule has 1 fully saturated rings. The third-order valence-corrected chi connectivity index (χ3v) is 4.47. The van der Waals surface area contributed by atoms with Crippen LogP contribution in [0, 0.1) is 11.3 Å². The predicted molar refractivity (Wildman–Crippen MR) is 94.4 cm³/mol. The Morgan fingerprint density at radius 1 is 1.08 bits per heavy atom. The molecule has 1 aliphatic heterocycles. The number of β-amino-alcohol motifs (C(OH)–C–C–N with tert-alkyl or cyclic N) is 1. The SMILES string of the molecule is N#Cc1ccc(CN2CCN(C[C@@H](O)c3ccccc3)CC2=O)cc1. The maximum absolute atomic E-state index is 12.4. The third kappa shape index (κ3) is 4.44. The van der Waals surface area contributed by atoms with Crippen LogP contribution >= 0.6 is 0 Å². The van der Waals surface area contributed by atoms with Crippen LogP contribution in [0.25, 0.3) is 0 Å². The number of hydrogen-bond acceptors (Lipinski definition) is 4. The van der Waals surface area contributed by atoms with Crippen molar-refractivity contribution in [3.8, 4) is 6.07 Å². The van der Waals surface area contributed by atoms with Gasteiger partial charge in [0.25, 0.3) is 0 Å². The average molecular weight is 335 g/mol. The normalized spacial score (nSPS) is 16.5. The Bertz CT molecular complexity index is 753. The lowest BCUT2D eigenvalue weighted by Crippen LogP contribution is -2.50. The number of nitriles is 1. The summed E-state index contributed by atoms with van der Waals surface area (Å²) in [5.41, 5.74) is 2.51. The molecule has 5 heteroatoms. The zero-order chi connectivity index (χ0) is 17.6. The molecule has 0 aliphatic carbocycles. The molecule has 0 unspecified atom stereocenters. The molecular weight excluding hydrogens is 314 g/mol. The van der Waals surface area contributed by atoms with Crippen LogP contribution in [0.5, 0.6) is 0 Å². The summed E-state index contributed by atoms with van der Waals surface area (Å²) < 4.78 is 0. The fraction of sp³-hybridized carbons (Fsp3) is 0.300. The number of carbonyl (C=O) groups is 1. The zero-order valence-electron chi connectivity index (χ0n) is 14.0. The Balaban J connectivity index is 1.53. The lowest BCUT2D eigenvalue weighted by atomic mass is 10.1. The van der Waals surface area contributed by atoms with Crippen molar-refractivity contribution < 1.29 is 9.90 Å². The maximum atomic E-state index is 12.4. The second-order valence-electron chi connectivity index (χ2n) is 6.29. The van der Waals surface area contributed by atoms with Crippen molar-refractivity contribution in [3.05, 3.63) is 71.3 Å². The van der Waals surface area contributed by atoms with Crippen molar-refractivity contribution in [3.63, 3.8) is 0 Å². The Hall–Kier alpha value is -2.68. The summed E-state index contributed by atoms with van der Waals surface area (Å²) in [4.78, 5) is 16.2. The van der Waals surface area contributed by atoms with Crippen LogP contribution in [0.15, 0.2) is 54.6 Å². The quantitative estimate of drug-likeness (QED) is 0.907. The summed E-state index contributed by atoms with van der Waals surface area (Å²) in [6.07, 6.45) is -0.584. The summed E-state index contributed by atoms with van der Waals surface area (Å²) in [5.74, 6) is 0.0656. The molecule has 1 amide bonds. The number of carbonyl (C=O) groups excluding carboxylic acids is 1. The molecule has 1 saturated heterocycles. The molecule has 0 radical (unpaired) electrons. The minimum absolute atomic E-state index is 0.0656. The number of hydrogen-bond donors (Lipinski definition) is 1. The highest BCUT2D eigenvalue weighted by atomic mass is 16.3. The second kappa shape index (κ2) is 7.93. The Labute approximate surface area is 147 Å². The minimum Gasteiger partial charge on any atom is -0.387 e. The van der Waals surface area contributed by atoms with Gasteiger partial charge in [0, 0.05) is 26.2 Å². The number of rotatable bonds is 5. The molecule has 0 aromatic heterocycles. The van der Waals surface area contributed by atoms with E-state index in [1.807, 2.05) is 52.3 Å². The van der Waals surface area contributed by atoms with Gasteiger partial charge in [0.05, 0.1) is 24.3 Å². The first kappa shape index (κ1) is 17.2. The molecule has 2 aromatic rings. The minimum atomic E-state index is -0.584. The van der Waals surface area contributed by atoms with Crippen molar-refractivity contribution in [2.45, 2.75) is 12.6 Å². The van der Waals surface area contributed by atoms with E-state index in [4.69, 9.17) is 5.26 Å². The topological polar surface area (TPSA) is 67.6 Å². The Morgan fingerprint density at radius 3 is 2.44 bits per heavy atom. The Morgan fingerprint density at radius 2 is 1.80 bits per heavy atom. The van der Waals surface area contributed by atoms with Gasteiger partial charge in [0.2, 0.25) is 5.91 Å². The van der Waals surface area contributed by atoms with Crippen LogP contribution in [-0.4, -0.2) is 47.0 Å². The van der Waals surface area contributed by atoms with Gasteiger partial charge in [-0.15, -0.1) is 0 Å². The summed E-state index contributed by atoms with van der Waals surface area (Å²) in [5, 5.41) is 19.2. The van der Waals surface area contributed by atoms with Crippen molar-refractivity contribution in [1.29, 1.82) is 5.26 Å². The molecule has 5 nitrogen and oxygen atoms in total. The highest BCUT2D eigenvalue weighted by Crippen LogP contribution is 2.16. The summed E-state index contributed by atoms with van der Waals surface area (Å²) in [7, 11) is 0. The molecule has 1 atom stereocenters. The molecule has 0 bridgehead atoms. The van der Waals surface area contributed by atoms with Crippen molar-refractivity contribution in [2.24, 2.45) is 0 Å². The van der Waals surface area contributed by atoms with Gasteiger partial charge in [-0.2, -0.15) is 5.26 Å². The number of piperazine rings is 1. The van der Waals surface area contributed by atoms with Crippen LogP contribution in [0.2, 0.25) is 0 Å². The van der Waals surface area contributed by atoms with Gasteiger partial charge in [-0.1, -0.05) is 42.5 Å². The average Bonchev–Trinajstić information content (AvgIpc) is 2.65. The van der Waals surface area contributed by atoms with E-state index in [0.29, 0.717) is 31.7 Å². The van der Waals surface area contributed by atoms with Gasteiger partial charge >= 0.3 is 0 Å². The second-order valence-corrected chi connectivity index (χ2v) is 6.29. The lowest BCUT2D eigenvalue weighted by molar-refractivity contribution is -0.137. The number of nitrogens with zero attached hydrogens (tertiary/aromatic N) is 3. The van der Waals surface area contributed by atoms with Crippen molar-refractivity contribution in [1.82, 2.24) is 9.80 Å². The molecule has 25 heavy (non-hydrogen) atoms. The van der Waals surface area contributed by atoms with Crippen molar-refractivity contribution >= 4 is 5.91 Å². The molecule has 1 aliphatic rings. The van der Waals surface area contributed by atoms with Crippen LogP contribution in [0.3, 0.4) is 0 Å². The number of benzene rings is 2. The highest BCUT2D eigenvalue weighted by Gasteiger charge is 2.25. The largest absolute Gasteiger partial charge is 0.387 e. The number of amides is 1. The van der Waals surface area contributed by atoms with E-state index >= 15 is 0 Å². The van der Waals surface area contributed by atoms with E-state index in [2.05, 4.69) is 6.07 Å². The van der Waals surface area contributed by atoms with Gasteiger partial charge in [0.15, 0.2) is 0 Å². The summed E-state index contributed by atoms with van der Waals surface area (Å²) in [6, 6.07) is 18.9. The van der Waals surface area contributed by atoms with Crippen LogP contribution < -0.4 is 0 Å². The van der Waals surface area contributed by atoms with E-state index in [9.17, 15) is 9.90 Å². The Kier molecular flexibility index (Phi) is 5.44. The molecule has 0 saturated carbocycles. The molecule has 3 rings (SSSR count). The van der Waals surface area contributed by atoms with E-state index in [0.717, 1.165) is 17.7 Å². The van der Waals surface area contributed by atoms with Crippen molar-refractivity contribution in [2.75, 3.05) is 26.2 Å². The smallest absolute Gasteiger partial charge is 0.237 e. The molecule has 1 N–H and O–H groups in total. The first-order valence-electron chi connectivity index (χ1n) is 8.38. The summed E-state index contributed by atoms with van der Waals surface area (Å²) >= 11 is 0. The van der Waals surface area contributed by atoms with E-state index in [-0.39, 0.29) is 5.91 Å². The van der Waals surface area contributed by atoms with Gasteiger partial charge in [-0.3, -0.25) is 9.69 Å². The molecule has 128 valence electrons. The predicted octanol–water partition coefficient (Wildman–Crippen LogP) is 1.94. The van der Waals surface area contributed by atoms with Gasteiger partial charge in [-0.25, -0.2) is 0 Å². The zero-order valence-corrected chi connectivity index (χ0v) is 14.0. The standard InChI is InChI=1S/C20H21N3O2/c21-12-16-6-8-17(9-7-16)13-23-11-10-22(15-20(23)25)14-19(24)18-4-2-1-3-5-18/h1-9,19,24H,10-11,13-15H2/t19-/m1/s1. The maximum Gasteiger partial charge on any atom is 0.237 e. The van der Waals surface area contributed by atoms with Crippen LogP contribution in [-0.2, 0) is 11.3 Å². The molecule has 1 heterocycles. The van der Waals surface area contributed by atoms with Gasteiger partial charge < -0.3 is 10.0 Å². The molecular formula is C20H21N3O2. The van der Waals surface area contributed by atoms with Gasteiger partial charge in [0.1, 0.15) is 0 Å². The first-order valence-corrected chi connectivity index (χ1v) is 8.38. The third-order valence-electron chi connectivity index (χ3n) is 4.47. The monoisotopic (exact) mass is 335 g/mol. The highest BCUT2D eigenvalue weighted by molar-refractivity contribution is 5.79.